The number of nitrogens with one attached hydrogen (secondary N) is 2. The van der Waals surface area contributed by atoms with Crippen molar-refractivity contribution >= 4 is 29.4 Å². The lowest BCUT2D eigenvalue weighted by molar-refractivity contribution is -0.121. The zero-order valence-corrected chi connectivity index (χ0v) is 15.0. The van der Waals surface area contributed by atoms with Gasteiger partial charge in [0.25, 0.3) is 0 Å². The molecule has 0 bridgehead atoms. The molecule has 0 aliphatic heterocycles. The van der Waals surface area contributed by atoms with E-state index >= 15 is 0 Å². The first kappa shape index (κ1) is 19.9. The second kappa shape index (κ2) is 12.6. The Hall–Kier alpha value is -0.130. The summed E-state index contributed by atoms with van der Waals surface area (Å²) in [6, 6.07) is 0. The molecule has 118 valence electrons. The highest BCUT2D eigenvalue weighted by Crippen LogP contribution is 2.08. The zero-order valence-electron chi connectivity index (χ0n) is 13.3. The molecule has 3 nitrogen and oxygen atoms in total. The highest BCUT2D eigenvalue weighted by atomic mass is 32.2. The zero-order chi connectivity index (χ0) is 15.3. The number of rotatable bonds is 11. The maximum Gasteiger partial charge on any atom is 0.220 e. The molecule has 0 atom stereocenters. The van der Waals surface area contributed by atoms with Gasteiger partial charge in [-0.1, -0.05) is 13.3 Å². The first-order chi connectivity index (χ1) is 9.45. The Balaban J connectivity index is 3.30. The van der Waals surface area contributed by atoms with Crippen molar-refractivity contribution < 1.29 is 4.79 Å². The van der Waals surface area contributed by atoms with E-state index in [0.29, 0.717) is 6.42 Å². The maximum atomic E-state index is 11.3. The second-order valence-corrected chi connectivity index (χ2v) is 7.67. The number of thioether (sulfide) groups is 2. The molecular formula is C15H30N2OS2. The van der Waals surface area contributed by atoms with Gasteiger partial charge >= 0.3 is 0 Å². The van der Waals surface area contributed by atoms with E-state index in [1.54, 1.807) is 11.8 Å². The van der Waals surface area contributed by atoms with Crippen molar-refractivity contribution in [2.24, 2.45) is 0 Å². The SMILES string of the molecule is CCCCC(=O)NCCS/C=C\SCCNC(C)(C)C. The summed E-state index contributed by atoms with van der Waals surface area (Å²) in [7, 11) is 0. The first-order valence-electron chi connectivity index (χ1n) is 7.35. The predicted octanol–water partition coefficient (Wildman–Crippen LogP) is 3.62. The van der Waals surface area contributed by atoms with Crippen LogP contribution in [0.4, 0.5) is 0 Å². The minimum atomic E-state index is 0.180. The van der Waals surface area contributed by atoms with Crippen LogP contribution in [0.25, 0.3) is 0 Å². The van der Waals surface area contributed by atoms with Crippen LogP contribution in [0.3, 0.4) is 0 Å². The van der Waals surface area contributed by atoms with E-state index in [9.17, 15) is 4.79 Å². The summed E-state index contributed by atoms with van der Waals surface area (Å²) in [6.07, 6.45) is 2.72. The Morgan fingerprint density at radius 2 is 1.70 bits per heavy atom. The van der Waals surface area contributed by atoms with Crippen molar-refractivity contribution in [1.29, 1.82) is 0 Å². The van der Waals surface area contributed by atoms with Crippen LogP contribution in [0.2, 0.25) is 0 Å². The van der Waals surface area contributed by atoms with Crippen LogP contribution < -0.4 is 10.6 Å². The van der Waals surface area contributed by atoms with Gasteiger partial charge in [-0.05, 0) is 38.0 Å². The molecule has 0 aliphatic rings. The number of hydrogen-bond donors (Lipinski definition) is 2. The summed E-state index contributed by atoms with van der Waals surface area (Å²) in [6.45, 7) is 10.4. The van der Waals surface area contributed by atoms with Gasteiger partial charge in [-0.15, -0.1) is 23.5 Å². The minimum Gasteiger partial charge on any atom is -0.355 e. The average molecular weight is 319 g/mol. The fourth-order valence-electron chi connectivity index (χ4n) is 1.37. The van der Waals surface area contributed by atoms with Gasteiger partial charge in [-0.25, -0.2) is 0 Å². The Kier molecular flexibility index (Phi) is 12.5. The second-order valence-electron chi connectivity index (χ2n) is 5.64. The third kappa shape index (κ3) is 15.9. The van der Waals surface area contributed by atoms with Crippen molar-refractivity contribution in [2.45, 2.75) is 52.5 Å². The van der Waals surface area contributed by atoms with Gasteiger partial charge in [0, 0.05) is 36.6 Å². The van der Waals surface area contributed by atoms with Crippen molar-refractivity contribution in [3.05, 3.63) is 10.8 Å². The number of hydrogen-bond acceptors (Lipinski definition) is 4. The Labute approximate surface area is 133 Å². The molecule has 0 rings (SSSR count). The van der Waals surface area contributed by atoms with Gasteiger partial charge in [0.05, 0.1) is 0 Å². The Bertz CT molecular complexity index is 276. The molecule has 0 unspecified atom stereocenters. The minimum absolute atomic E-state index is 0.180. The smallest absolute Gasteiger partial charge is 0.220 e. The van der Waals surface area contributed by atoms with Gasteiger partial charge in [-0.3, -0.25) is 4.79 Å². The average Bonchev–Trinajstić information content (AvgIpc) is 2.37. The van der Waals surface area contributed by atoms with Crippen LogP contribution in [-0.2, 0) is 4.79 Å². The molecule has 0 aliphatic carbocycles. The number of amides is 1. The fourth-order valence-corrected chi connectivity index (χ4v) is 2.72. The molecular weight excluding hydrogens is 288 g/mol. The lowest BCUT2D eigenvalue weighted by Gasteiger charge is -2.19. The third-order valence-electron chi connectivity index (χ3n) is 2.42. The largest absolute Gasteiger partial charge is 0.355 e. The molecule has 0 fully saturated rings. The van der Waals surface area contributed by atoms with Crippen molar-refractivity contribution in [3.8, 4) is 0 Å². The summed E-state index contributed by atoms with van der Waals surface area (Å²) in [5.74, 6) is 2.20. The number of carbonyl (C=O) groups excluding carboxylic acids is 1. The van der Waals surface area contributed by atoms with Gasteiger partial charge in [-0.2, -0.15) is 0 Å². The van der Waals surface area contributed by atoms with Crippen LogP contribution in [0, 0.1) is 0 Å². The Morgan fingerprint density at radius 1 is 1.10 bits per heavy atom. The normalized spacial score (nSPS) is 12.0. The van der Waals surface area contributed by atoms with Gasteiger partial charge in [0.1, 0.15) is 0 Å². The lowest BCUT2D eigenvalue weighted by atomic mass is 10.1. The monoisotopic (exact) mass is 318 g/mol. The van der Waals surface area contributed by atoms with Crippen molar-refractivity contribution in [3.63, 3.8) is 0 Å². The summed E-state index contributed by atoms with van der Waals surface area (Å²) in [4.78, 5) is 11.3. The summed E-state index contributed by atoms with van der Waals surface area (Å²) in [5, 5.41) is 10.6. The van der Waals surface area contributed by atoms with Crippen LogP contribution in [0.15, 0.2) is 10.8 Å². The van der Waals surface area contributed by atoms with E-state index in [-0.39, 0.29) is 11.4 Å². The topological polar surface area (TPSA) is 41.1 Å². The molecule has 2 N–H and O–H groups in total. The molecule has 0 saturated carbocycles. The van der Waals surface area contributed by atoms with Gasteiger partial charge in [0.15, 0.2) is 0 Å². The van der Waals surface area contributed by atoms with Crippen molar-refractivity contribution in [1.82, 2.24) is 10.6 Å². The molecule has 0 heterocycles. The third-order valence-corrected chi connectivity index (χ3v) is 4.13. The lowest BCUT2D eigenvalue weighted by Crippen LogP contribution is -2.37. The van der Waals surface area contributed by atoms with E-state index in [2.05, 4.69) is 49.1 Å². The molecule has 5 heteroatoms. The molecule has 0 spiro atoms. The van der Waals surface area contributed by atoms with Crippen LogP contribution >= 0.6 is 23.5 Å². The van der Waals surface area contributed by atoms with E-state index in [4.69, 9.17) is 0 Å². The molecule has 0 aromatic heterocycles. The summed E-state index contributed by atoms with van der Waals surface area (Å²) in [5.41, 5.74) is 0.203. The highest BCUT2D eigenvalue weighted by Gasteiger charge is 2.06. The summed E-state index contributed by atoms with van der Waals surface area (Å²) < 4.78 is 0. The van der Waals surface area contributed by atoms with Crippen molar-refractivity contribution in [2.75, 3.05) is 24.6 Å². The Morgan fingerprint density at radius 3 is 2.25 bits per heavy atom. The molecule has 0 aromatic rings. The first-order valence-corrected chi connectivity index (χ1v) is 9.45. The number of unbranched alkanes of at least 4 members (excludes halogenated alkanes) is 1. The van der Waals surface area contributed by atoms with E-state index in [0.717, 1.165) is 37.4 Å². The molecule has 0 radical (unpaired) electrons. The van der Waals surface area contributed by atoms with Gasteiger partial charge in [0.2, 0.25) is 5.91 Å². The van der Waals surface area contributed by atoms with Crippen LogP contribution in [-0.4, -0.2) is 36.0 Å². The van der Waals surface area contributed by atoms with E-state index in [1.165, 1.54) is 0 Å². The van der Waals surface area contributed by atoms with Crippen LogP contribution in [0.5, 0.6) is 0 Å². The van der Waals surface area contributed by atoms with E-state index in [1.807, 2.05) is 11.8 Å². The molecule has 0 saturated heterocycles. The van der Waals surface area contributed by atoms with Gasteiger partial charge < -0.3 is 10.6 Å². The quantitative estimate of drug-likeness (QED) is 0.571. The standard InChI is InChI=1S/C15H30N2OS2/c1-5-6-7-14(18)16-8-10-19-12-13-20-11-9-17-15(2,3)4/h12-13,17H,5-11H2,1-4H3,(H,16,18)/b13-12-. The molecule has 1 amide bonds. The maximum absolute atomic E-state index is 11.3. The molecule has 0 aromatic carbocycles. The highest BCUT2D eigenvalue weighted by molar-refractivity contribution is 8.05. The number of carbonyl (C=O) groups is 1. The predicted molar refractivity (Wildman–Crippen MR) is 94.3 cm³/mol. The fraction of sp³-hybridized carbons (Fsp3) is 0.800. The van der Waals surface area contributed by atoms with Crippen LogP contribution in [0.1, 0.15) is 47.0 Å². The van der Waals surface area contributed by atoms with E-state index < -0.39 is 0 Å². The molecule has 20 heavy (non-hydrogen) atoms. The summed E-state index contributed by atoms with van der Waals surface area (Å²) >= 11 is 3.56.